The van der Waals surface area contributed by atoms with Crippen LogP contribution in [0.25, 0.3) is 0 Å². The summed E-state index contributed by atoms with van der Waals surface area (Å²) in [5.41, 5.74) is 1.15. The number of nitrogens with zero attached hydrogens (tertiary/aromatic N) is 2. The van der Waals surface area contributed by atoms with Crippen LogP contribution in [0.1, 0.15) is 37.1 Å². The third kappa shape index (κ3) is 4.31. The van der Waals surface area contributed by atoms with Gasteiger partial charge in [-0.1, -0.05) is 19.1 Å². The quantitative estimate of drug-likeness (QED) is 0.732. The van der Waals surface area contributed by atoms with E-state index in [-0.39, 0.29) is 24.2 Å². The molecule has 0 bridgehead atoms. The van der Waals surface area contributed by atoms with Gasteiger partial charge in [-0.25, -0.2) is 0 Å². The van der Waals surface area contributed by atoms with Crippen LogP contribution in [0.15, 0.2) is 28.7 Å². The Balaban J connectivity index is 1.95. The van der Waals surface area contributed by atoms with Crippen LogP contribution in [0.5, 0.6) is 5.75 Å². The average Bonchev–Trinajstić information content (AvgIpc) is 2.97. The van der Waals surface area contributed by atoms with E-state index in [9.17, 15) is 4.79 Å². The standard InChI is InChI=1S/C16H20N2O4/c1-4-21-15(19)10-14-17-18-16(22-14)11(2)9-12-5-7-13(20-3)8-6-12/h5-8,11H,4,9-10H2,1-3H3/t11-/m0/s1. The third-order valence-electron chi connectivity index (χ3n) is 3.21. The second-order valence-corrected chi connectivity index (χ2v) is 4.97. The highest BCUT2D eigenvalue weighted by molar-refractivity contribution is 5.71. The van der Waals surface area contributed by atoms with E-state index < -0.39 is 0 Å². The van der Waals surface area contributed by atoms with Crippen LogP contribution in [-0.2, 0) is 22.4 Å². The van der Waals surface area contributed by atoms with Crippen LogP contribution in [0.4, 0.5) is 0 Å². The summed E-state index contributed by atoms with van der Waals surface area (Å²) >= 11 is 0. The molecule has 0 unspecified atom stereocenters. The zero-order valence-corrected chi connectivity index (χ0v) is 13.0. The Kier molecular flexibility index (Phi) is 5.52. The molecule has 1 aromatic carbocycles. The molecule has 0 saturated carbocycles. The first-order valence-electron chi connectivity index (χ1n) is 7.23. The molecule has 0 aliphatic rings. The molecule has 6 nitrogen and oxygen atoms in total. The fourth-order valence-corrected chi connectivity index (χ4v) is 2.08. The summed E-state index contributed by atoms with van der Waals surface area (Å²) in [5.74, 6) is 1.34. The Morgan fingerprint density at radius 1 is 1.27 bits per heavy atom. The van der Waals surface area contributed by atoms with E-state index in [1.54, 1.807) is 14.0 Å². The molecular weight excluding hydrogens is 284 g/mol. The van der Waals surface area contributed by atoms with Crippen LogP contribution in [0.3, 0.4) is 0 Å². The zero-order chi connectivity index (χ0) is 15.9. The molecule has 1 atom stereocenters. The Labute approximate surface area is 129 Å². The van der Waals surface area contributed by atoms with Crippen molar-refractivity contribution < 1.29 is 18.7 Å². The number of ether oxygens (including phenoxy) is 2. The molecule has 1 heterocycles. The first-order valence-corrected chi connectivity index (χ1v) is 7.23. The first-order chi connectivity index (χ1) is 10.6. The van der Waals surface area contributed by atoms with Crippen molar-refractivity contribution in [2.24, 2.45) is 0 Å². The Morgan fingerprint density at radius 3 is 2.64 bits per heavy atom. The van der Waals surface area contributed by atoms with E-state index in [2.05, 4.69) is 10.2 Å². The minimum absolute atomic E-state index is 0.0100. The van der Waals surface area contributed by atoms with Gasteiger partial charge in [0.15, 0.2) is 0 Å². The number of methoxy groups -OCH3 is 1. The molecule has 0 spiro atoms. The number of carbonyl (C=O) groups is 1. The lowest BCUT2D eigenvalue weighted by molar-refractivity contribution is -0.142. The van der Waals surface area contributed by atoms with Crippen LogP contribution in [0, 0.1) is 0 Å². The predicted molar refractivity (Wildman–Crippen MR) is 79.7 cm³/mol. The third-order valence-corrected chi connectivity index (χ3v) is 3.21. The van der Waals surface area contributed by atoms with E-state index in [4.69, 9.17) is 13.9 Å². The maximum absolute atomic E-state index is 11.4. The SMILES string of the molecule is CCOC(=O)Cc1nnc([C@@H](C)Cc2ccc(OC)cc2)o1. The van der Waals surface area contributed by atoms with Crippen molar-refractivity contribution >= 4 is 5.97 Å². The molecule has 0 aliphatic carbocycles. The molecule has 0 radical (unpaired) electrons. The monoisotopic (exact) mass is 304 g/mol. The largest absolute Gasteiger partial charge is 0.497 e. The van der Waals surface area contributed by atoms with Gasteiger partial charge in [-0.2, -0.15) is 0 Å². The van der Waals surface area contributed by atoms with Crippen LogP contribution < -0.4 is 4.74 Å². The van der Waals surface area contributed by atoms with Gasteiger partial charge in [0, 0.05) is 5.92 Å². The summed E-state index contributed by atoms with van der Waals surface area (Å²) in [7, 11) is 1.64. The van der Waals surface area contributed by atoms with Crippen molar-refractivity contribution in [3.63, 3.8) is 0 Å². The molecule has 2 aromatic rings. The van der Waals surface area contributed by atoms with Gasteiger partial charge in [0.25, 0.3) is 0 Å². The summed E-state index contributed by atoms with van der Waals surface area (Å²) in [6.07, 6.45) is 0.779. The van der Waals surface area contributed by atoms with E-state index in [0.29, 0.717) is 12.5 Å². The summed E-state index contributed by atoms with van der Waals surface area (Å²) in [5, 5.41) is 7.90. The van der Waals surface area contributed by atoms with Crippen molar-refractivity contribution in [1.82, 2.24) is 10.2 Å². The lowest BCUT2D eigenvalue weighted by atomic mass is 10.0. The zero-order valence-electron chi connectivity index (χ0n) is 13.0. The van der Waals surface area contributed by atoms with E-state index in [0.717, 1.165) is 17.7 Å². The number of carbonyl (C=O) groups excluding carboxylic acids is 1. The second-order valence-electron chi connectivity index (χ2n) is 4.97. The fraction of sp³-hybridized carbons (Fsp3) is 0.438. The highest BCUT2D eigenvalue weighted by Gasteiger charge is 2.17. The molecule has 2 rings (SSSR count). The van der Waals surface area contributed by atoms with E-state index in [1.165, 1.54) is 0 Å². The second kappa shape index (κ2) is 7.59. The number of hydrogen-bond donors (Lipinski definition) is 0. The van der Waals surface area contributed by atoms with Gasteiger partial charge in [-0.3, -0.25) is 4.79 Å². The lowest BCUT2D eigenvalue weighted by Crippen LogP contribution is -2.07. The number of hydrogen-bond acceptors (Lipinski definition) is 6. The van der Waals surface area contributed by atoms with Crippen molar-refractivity contribution in [2.45, 2.75) is 32.6 Å². The van der Waals surface area contributed by atoms with Crippen molar-refractivity contribution in [2.75, 3.05) is 13.7 Å². The summed E-state index contributed by atoms with van der Waals surface area (Å²) in [6.45, 7) is 4.10. The molecule has 0 amide bonds. The highest BCUT2D eigenvalue weighted by atomic mass is 16.5. The highest BCUT2D eigenvalue weighted by Crippen LogP contribution is 2.21. The van der Waals surface area contributed by atoms with Gasteiger partial charge in [0.05, 0.1) is 13.7 Å². The van der Waals surface area contributed by atoms with Gasteiger partial charge in [0.1, 0.15) is 12.2 Å². The number of rotatable bonds is 7. The molecule has 0 N–H and O–H groups in total. The molecule has 1 aromatic heterocycles. The maximum atomic E-state index is 11.4. The van der Waals surface area contributed by atoms with Gasteiger partial charge in [0.2, 0.25) is 11.8 Å². The Morgan fingerprint density at radius 2 is 2.00 bits per heavy atom. The van der Waals surface area contributed by atoms with Crippen molar-refractivity contribution in [1.29, 1.82) is 0 Å². The molecule has 118 valence electrons. The van der Waals surface area contributed by atoms with Crippen LogP contribution in [-0.4, -0.2) is 29.9 Å². The average molecular weight is 304 g/mol. The summed E-state index contributed by atoms with van der Waals surface area (Å²) in [4.78, 5) is 11.4. The van der Waals surface area contributed by atoms with Crippen molar-refractivity contribution in [3.05, 3.63) is 41.6 Å². The Bertz CT molecular complexity index is 607. The molecule has 6 heteroatoms. The molecular formula is C16H20N2O4. The number of aromatic nitrogens is 2. The van der Waals surface area contributed by atoms with E-state index in [1.807, 2.05) is 31.2 Å². The van der Waals surface area contributed by atoms with E-state index >= 15 is 0 Å². The fourth-order valence-electron chi connectivity index (χ4n) is 2.08. The van der Waals surface area contributed by atoms with Gasteiger partial charge in [-0.15, -0.1) is 10.2 Å². The minimum atomic E-state index is -0.361. The minimum Gasteiger partial charge on any atom is -0.497 e. The molecule has 0 fully saturated rings. The topological polar surface area (TPSA) is 74.5 Å². The summed E-state index contributed by atoms with van der Waals surface area (Å²) in [6, 6.07) is 7.85. The van der Waals surface area contributed by atoms with Crippen LogP contribution in [0.2, 0.25) is 0 Å². The first kappa shape index (κ1) is 16.0. The number of esters is 1. The maximum Gasteiger partial charge on any atom is 0.315 e. The molecule has 22 heavy (non-hydrogen) atoms. The summed E-state index contributed by atoms with van der Waals surface area (Å²) < 4.78 is 15.5. The van der Waals surface area contributed by atoms with Gasteiger partial charge >= 0.3 is 5.97 Å². The Hall–Kier alpha value is -2.37. The van der Waals surface area contributed by atoms with Gasteiger partial charge < -0.3 is 13.9 Å². The van der Waals surface area contributed by atoms with Crippen molar-refractivity contribution in [3.8, 4) is 5.75 Å². The van der Waals surface area contributed by atoms with Gasteiger partial charge in [-0.05, 0) is 31.0 Å². The normalized spacial score (nSPS) is 12.0. The molecule has 0 saturated heterocycles. The van der Waals surface area contributed by atoms with Crippen LogP contribution >= 0.6 is 0 Å². The predicted octanol–water partition coefficient (Wildman–Crippen LogP) is 2.53. The lowest BCUT2D eigenvalue weighted by Gasteiger charge is -2.07. The molecule has 0 aliphatic heterocycles. The number of benzene rings is 1. The smallest absolute Gasteiger partial charge is 0.315 e.